The number of methoxy groups -OCH3 is 1. The Morgan fingerprint density at radius 2 is 1.77 bits per heavy atom. The van der Waals surface area contributed by atoms with Crippen molar-refractivity contribution in [3.05, 3.63) is 48.5 Å². The molecule has 2 aliphatic heterocycles. The summed E-state index contributed by atoms with van der Waals surface area (Å²) in [6.07, 6.45) is -0.884. The number of urea groups is 1. The molecule has 0 spiro atoms. The maximum absolute atomic E-state index is 13.7. The van der Waals surface area contributed by atoms with Crippen LogP contribution < -0.4 is 19.5 Å². The van der Waals surface area contributed by atoms with Crippen LogP contribution in [0.2, 0.25) is 0 Å². The summed E-state index contributed by atoms with van der Waals surface area (Å²) in [5.41, 5.74) is -0.443. The quantitative estimate of drug-likeness (QED) is 0.347. The molecule has 3 aromatic rings. The second kappa shape index (κ2) is 13.0. The van der Waals surface area contributed by atoms with E-state index in [-0.39, 0.29) is 36.5 Å². The lowest BCUT2D eigenvalue weighted by molar-refractivity contribution is -0.274. The zero-order valence-corrected chi connectivity index (χ0v) is 26.6. The number of benzene rings is 2. The van der Waals surface area contributed by atoms with E-state index in [0.717, 1.165) is 25.7 Å². The molecule has 1 aromatic heterocycles. The highest BCUT2D eigenvalue weighted by molar-refractivity contribution is 5.94. The zero-order valence-electron chi connectivity index (χ0n) is 26.6. The number of fused-ring (bicyclic) bond motifs is 3. The van der Waals surface area contributed by atoms with Crippen LogP contribution in [0.1, 0.15) is 44.9 Å². The van der Waals surface area contributed by atoms with Crippen molar-refractivity contribution >= 4 is 28.7 Å². The number of aliphatic carboxylic acids is 1. The van der Waals surface area contributed by atoms with Gasteiger partial charge in [-0.2, -0.15) is 0 Å². The first-order valence-electron chi connectivity index (χ1n) is 16.0. The molecular formula is C34H37F3N4O7. The van der Waals surface area contributed by atoms with Crippen LogP contribution in [0.3, 0.4) is 0 Å². The van der Waals surface area contributed by atoms with Crippen molar-refractivity contribution in [1.82, 2.24) is 20.1 Å². The first-order chi connectivity index (χ1) is 22.9. The number of carbonyl (C=O) groups is 3. The van der Waals surface area contributed by atoms with Gasteiger partial charge in [0.1, 0.15) is 29.2 Å². The molecule has 1 saturated carbocycles. The van der Waals surface area contributed by atoms with Crippen LogP contribution >= 0.6 is 0 Å². The molecule has 6 rings (SSSR count). The summed E-state index contributed by atoms with van der Waals surface area (Å²) < 4.78 is 54.0. The first-order valence-corrected chi connectivity index (χ1v) is 16.0. The molecule has 0 unspecified atom stereocenters. The molecule has 3 heterocycles. The van der Waals surface area contributed by atoms with E-state index in [2.05, 4.69) is 10.1 Å². The fourth-order valence-corrected chi connectivity index (χ4v) is 6.75. The van der Waals surface area contributed by atoms with Crippen molar-refractivity contribution in [2.45, 2.75) is 69.0 Å². The van der Waals surface area contributed by atoms with Crippen LogP contribution in [0.4, 0.5) is 18.0 Å². The molecule has 2 N–H and O–H groups in total. The number of hydrogen-bond acceptors (Lipinski definition) is 7. The third kappa shape index (κ3) is 6.92. The number of nitrogens with one attached hydrogen (secondary N) is 1. The number of alkyl halides is 3. The van der Waals surface area contributed by atoms with Gasteiger partial charge in [0.2, 0.25) is 11.8 Å². The summed E-state index contributed by atoms with van der Waals surface area (Å²) in [4.78, 5) is 47.5. The Bertz CT molecular complexity index is 1700. The average Bonchev–Trinajstić information content (AvgIpc) is 3.58. The predicted molar refractivity (Wildman–Crippen MR) is 168 cm³/mol. The van der Waals surface area contributed by atoms with Crippen molar-refractivity contribution in [2.75, 3.05) is 27.2 Å². The van der Waals surface area contributed by atoms with Crippen LogP contribution in [0.5, 0.6) is 17.4 Å². The Morgan fingerprint density at radius 1 is 1.04 bits per heavy atom. The maximum Gasteiger partial charge on any atom is 0.573 e. The number of carboxylic acids is 1. The summed E-state index contributed by atoms with van der Waals surface area (Å²) in [6.45, 7) is 0.568. The van der Waals surface area contributed by atoms with Crippen LogP contribution in [0.25, 0.3) is 22.0 Å². The molecule has 4 atom stereocenters. The lowest BCUT2D eigenvalue weighted by Gasteiger charge is -2.30. The summed E-state index contributed by atoms with van der Waals surface area (Å²) in [5.74, 6) is -1.39. The smallest absolute Gasteiger partial charge is 0.497 e. The largest absolute Gasteiger partial charge is 0.573 e. The van der Waals surface area contributed by atoms with Gasteiger partial charge in [0.15, 0.2) is 0 Å². The number of aromatic nitrogens is 1. The number of carbonyl (C=O) groups excluding carboxylic acids is 2. The second-order valence-corrected chi connectivity index (χ2v) is 12.7. The SMILES string of the molecule is COc1ccc2c(O[C@@H]3C[C@H]4C(=O)N[C@]5(C(=O)O)C[C@H]5CCCCCCN(C)C(=O)N4C3)nc(-c3ccc(OC(F)(F)F)cc3)cc2c1. The van der Waals surface area contributed by atoms with Crippen LogP contribution in [0, 0.1) is 5.92 Å². The van der Waals surface area contributed by atoms with E-state index in [1.807, 2.05) is 0 Å². The van der Waals surface area contributed by atoms with Crippen molar-refractivity contribution in [3.8, 4) is 28.6 Å². The Balaban J connectivity index is 1.31. The second-order valence-electron chi connectivity index (χ2n) is 12.7. The van der Waals surface area contributed by atoms with Gasteiger partial charge in [-0.25, -0.2) is 14.6 Å². The average molecular weight is 671 g/mol. The van der Waals surface area contributed by atoms with Gasteiger partial charge in [0.25, 0.3) is 0 Å². The molecule has 256 valence electrons. The Hall–Kier alpha value is -4.75. The lowest BCUT2D eigenvalue weighted by atomic mass is 10.0. The Morgan fingerprint density at radius 3 is 2.48 bits per heavy atom. The standard InChI is InChI=1S/C34H37F3N4O7/c1-40-14-6-4-3-5-7-22-18-33(22,31(43)44)39-29(42)28-17-25(19-41(28)32(40)45)47-30-26-13-12-24(46-2)15-21(26)16-27(38-30)20-8-10-23(11-9-20)48-34(35,36)37/h8-13,15-16,22,25,28H,3-7,14,17-19H2,1-2H3,(H,39,42)(H,43,44)/t22-,25-,28+,33-/m1/s1. The third-order valence-electron chi connectivity index (χ3n) is 9.43. The fourth-order valence-electron chi connectivity index (χ4n) is 6.75. The molecule has 1 aliphatic carbocycles. The fraction of sp³-hybridized carbons (Fsp3) is 0.471. The first kappa shape index (κ1) is 33.2. The number of rotatable bonds is 6. The highest BCUT2D eigenvalue weighted by Crippen LogP contribution is 2.47. The normalized spacial score (nSPS) is 25.1. The third-order valence-corrected chi connectivity index (χ3v) is 9.43. The van der Waals surface area contributed by atoms with Crippen LogP contribution in [-0.2, 0) is 9.59 Å². The number of pyridine rings is 1. The number of ether oxygens (including phenoxy) is 3. The van der Waals surface area contributed by atoms with Gasteiger partial charge in [0.05, 0.1) is 19.3 Å². The monoisotopic (exact) mass is 670 g/mol. The molecule has 14 heteroatoms. The molecule has 3 fully saturated rings. The molecule has 3 amide bonds. The highest BCUT2D eigenvalue weighted by Gasteiger charge is 2.62. The van der Waals surface area contributed by atoms with E-state index in [1.54, 1.807) is 36.2 Å². The minimum absolute atomic E-state index is 0.0534. The number of hydrogen-bond donors (Lipinski definition) is 2. The Labute approximate surface area is 274 Å². The van der Waals surface area contributed by atoms with Gasteiger partial charge in [-0.05, 0) is 79.1 Å². The van der Waals surface area contributed by atoms with Gasteiger partial charge in [-0.15, -0.1) is 13.2 Å². The predicted octanol–water partition coefficient (Wildman–Crippen LogP) is 5.61. The van der Waals surface area contributed by atoms with Gasteiger partial charge in [-0.3, -0.25) is 4.79 Å². The minimum Gasteiger partial charge on any atom is -0.497 e. The van der Waals surface area contributed by atoms with E-state index < -0.39 is 35.9 Å². The van der Waals surface area contributed by atoms with E-state index in [9.17, 15) is 32.7 Å². The molecule has 48 heavy (non-hydrogen) atoms. The molecule has 3 aliphatic rings. The van der Waals surface area contributed by atoms with Crippen molar-refractivity contribution in [3.63, 3.8) is 0 Å². The van der Waals surface area contributed by atoms with E-state index in [0.29, 0.717) is 47.2 Å². The molecule has 2 aromatic carbocycles. The summed E-state index contributed by atoms with van der Waals surface area (Å²) in [5, 5.41) is 14.1. The minimum atomic E-state index is -4.83. The number of carboxylic acid groups (broad SMARTS) is 1. The summed E-state index contributed by atoms with van der Waals surface area (Å²) in [7, 11) is 3.21. The summed E-state index contributed by atoms with van der Waals surface area (Å²) in [6, 6.07) is 11.0. The van der Waals surface area contributed by atoms with E-state index >= 15 is 0 Å². The van der Waals surface area contributed by atoms with E-state index in [4.69, 9.17) is 14.5 Å². The van der Waals surface area contributed by atoms with Crippen LogP contribution in [-0.4, -0.2) is 89.1 Å². The van der Waals surface area contributed by atoms with Gasteiger partial charge >= 0.3 is 18.4 Å². The topological polar surface area (TPSA) is 131 Å². The molecule has 11 nitrogen and oxygen atoms in total. The van der Waals surface area contributed by atoms with Crippen molar-refractivity contribution < 1.29 is 46.9 Å². The van der Waals surface area contributed by atoms with Gasteiger partial charge in [-0.1, -0.05) is 19.3 Å². The number of amides is 3. The summed E-state index contributed by atoms with van der Waals surface area (Å²) >= 11 is 0. The maximum atomic E-state index is 13.7. The zero-order chi connectivity index (χ0) is 34.2. The van der Waals surface area contributed by atoms with Crippen molar-refractivity contribution in [2.24, 2.45) is 5.92 Å². The Kier molecular flexibility index (Phi) is 9.01. The van der Waals surface area contributed by atoms with Gasteiger partial charge in [0, 0.05) is 31.0 Å². The molecule has 2 saturated heterocycles. The number of nitrogens with zero attached hydrogens (tertiary/aromatic N) is 3. The van der Waals surface area contributed by atoms with Crippen LogP contribution in [0.15, 0.2) is 48.5 Å². The molecule has 0 radical (unpaired) electrons. The van der Waals surface area contributed by atoms with Crippen molar-refractivity contribution in [1.29, 1.82) is 0 Å². The highest BCUT2D eigenvalue weighted by atomic mass is 19.4. The lowest BCUT2D eigenvalue weighted by Crippen LogP contribution is -2.54. The van der Waals surface area contributed by atoms with E-state index in [1.165, 1.54) is 36.3 Å². The molecule has 0 bridgehead atoms. The number of halogens is 3. The van der Waals surface area contributed by atoms with Gasteiger partial charge < -0.3 is 34.4 Å². The molecular weight excluding hydrogens is 633 g/mol.